The van der Waals surface area contributed by atoms with Gasteiger partial charge in [-0.3, -0.25) is 0 Å². The van der Waals surface area contributed by atoms with Crippen LogP contribution in [0.15, 0.2) is 12.2 Å². The van der Waals surface area contributed by atoms with Crippen molar-refractivity contribution in [3.63, 3.8) is 0 Å². The number of rotatable bonds is 2. The quantitative estimate of drug-likeness (QED) is 0.405. The molecule has 0 aliphatic heterocycles. The summed E-state index contributed by atoms with van der Waals surface area (Å²) < 4.78 is 0. The lowest BCUT2D eigenvalue weighted by Crippen LogP contribution is -2.24. The molecular formula is C8H12O. The van der Waals surface area contributed by atoms with Crippen molar-refractivity contribution >= 4 is 6.29 Å². The maximum Gasteiger partial charge on any atom is 0.123 e. The van der Waals surface area contributed by atoms with Gasteiger partial charge in [0.15, 0.2) is 0 Å². The highest BCUT2D eigenvalue weighted by Crippen LogP contribution is 2.36. The summed E-state index contributed by atoms with van der Waals surface area (Å²) in [7, 11) is 0. The Kier molecular flexibility index (Phi) is 1.70. The molecular weight excluding hydrogens is 112 g/mol. The maximum absolute atomic E-state index is 10.1. The maximum atomic E-state index is 10.1. The fraction of sp³-hybridized carbons (Fsp3) is 0.625. The Morgan fingerprint density at radius 2 is 2.22 bits per heavy atom. The summed E-state index contributed by atoms with van der Waals surface area (Å²) >= 11 is 0. The minimum atomic E-state index is 0.340. The largest absolute Gasteiger partial charge is 0.303 e. The van der Waals surface area contributed by atoms with Crippen LogP contribution < -0.4 is 0 Å². The zero-order chi connectivity index (χ0) is 6.85. The van der Waals surface area contributed by atoms with E-state index < -0.39 is 0 Å². The summed E-state index contributed by atoms with van der Waals surface area (Å²) in [6.45, 7) is 5.86. The molecule has 1 heteroatoms. The van der Waals surface area contributed by atoms with Crippen LogP contribution in [0.3, 0.4) is 0 Å². The lowest BCUT2D eigenvalue weighted by molar-refractivity contribution is -0.114. The van der Waals surface area contributed by atoms with Crippen LogP contribution in [0.1, 0.15) is 19.8 Å². The van der Waals surface area contributed by atoms with Crippen LogP contribution in [-0.4, -0.2) is 6.29 Å². The Balaban J connectivity index is 2.26. The van der Waals surface area contributed by atoms with Crippen molar-refractivity contribution < 1.29 is 4.79 Å². The predicted molar refractivity (Wildman–Crippen MR) is 37.1 cm³/mol. The van der Waals surface area contributed by atoms with Crippen molar-refractivity contribution in [3.05, 3.63) is 12.2 Å². The molecule has 0 aromatic heterocycles. The number of hydrogen-bond acceptors (Lipinski definition) is 1. The molecule has 1 nitrogen and oxygen atoms in total. The Bertz CT molecular complexity index is 132. The summed E-state index contributed by atoms with van der Waals surface area (Å²) in [5, 5.41) is 0. The summed E-state index contributed by atoms with van der Waals surface area (Å²) in [5.74, 6) is 0.979. The molecule has 1 aliphatic rings. The first kappa shape index (κ1) is 6.53. The van der Waals surface area contributed by atoms with E-state index in [1.54, 1.807) is 0 Å². The molecule has 0 heterocycles. The van der Waals surface area contributed by atoms with E-state index in [1.165, 1.54) is 5.57 Å². The van der Waals surface area contributed by atoms with Crippen LogP contribution in [0.2, 0.25) is 0 Å². The lowest BCUT2D eigenvalue weighted by atomic mass is 9.73. The van der Waals surface area contributed by atoms with Crippen molar-refractivity contribution in [2.75, 3.05) is 0 Å². The monoisotopic (exact) mass is 124 g/mol. The van der Waals surface area contributed by atoms with Crippen LogP contribution in [0.5, 0.6) is 0 Å². The number of aldehydes is 1. The average molecular weight is 124 g/mol. The standard InChI is InChI=1S/C8H12O/c1-6(2)8-3-7(4-8)5-9/h5,7-8H,1,3-4H2,2H3. The second-order valence-electron chi connectivity index (χ2n) is 2.91. The molecule has 1 rings (SSSR count). The third-order valence-corrected chi connectivity index (χ3v) is 2.06. The highest BCUT2D eigenvalue weighted by atomic mass is 16.1. The first-order valence-electron chi connectivity index (χ1n) is 3.34. The average Bonchev–Trinajstić information content (AvgIpc) is 1.61. The van der Waals surface area contributed by atoms with Gasteiger partial charge in [-0.2, -0.15) is 0 Å². The topological polar surface area (TPSA) is 17.1 Å². The second kappa shape index (κ2) is 2.34. The van der Waals surface area contributed by atoms with Crippen molar-refractivity contribution in [1.29, 1.82) is 0 Å². The molecule has 0 aromatic carbocycles. The van der Waals surface area contributed by atoms with E-state index in [0.717, 1.165) is 19.1 Å². The molecule has 0 radical (unpaired) electrons. The minimum Gasteiger partial charge on any atom is -0.303 e. The zero-order valence-corrected chi connectivity index (χ0v) is 5.76. The van der Waals surface area contributed by atoms with Crippen LogP contribution >= 0.6 is 0 Å². The predicted octanol–water partition coefficient (Wildman–Crippen LogP) is 1.79. The Morgan fingerprint density at radius 1 is 1.67 bits per heavy atom. The fourth-order valence-electron chi connectivity index (χ4n) is 1.18. The molecule has 1 saturated carbocycles. The van der Waals surface area contributed by atoms with Crippen molar-refractivity contribution in [3.8, 4) is 0 Å². The lowest BCUT2D eigenvalue weighted by Gasteiger charge is -2.31. The summed E-state index contributed by atoms with van der Waals surface area (Å²) in [4.78, 5) is 10.1. The molecule has 0 spiro atoms. The van der Waals surface area contributed by atoms with Crippen molar-refractivity contribution in [2.45, 2.75) is 19.8 Å². The van der Waals surface area contributed by atoms with Crippen molar-refractivity contribution in [2.24, 2.45) is 11.8 Å². The van der Waals surface area contributed by atoms with Gasteiger partial charge in [-0.1, -0.05) is 12.2 Å². The molecule has 0 aromatic rings. The zero-order valence-electron chi connectivity index (χ0n) is 5.76. The van der Waals surface area contributed by atoms with Gasteiger partial charge >= 0.3 is 0 Å². The van der Waals surface area contributed by atoms with E-state index in [2.05, 4.69) is 6.58 Å². The molecule has 0 saturated heterocycles. The van der Waals surface area contributed by atoms with E-state index >= 15 is 0 Å². The van der Waals surface area contributed by atoms with Crippen LogP contribution in [-0.2, 0) is 4.79 Å². The summed E-state index contributed by atoms with van der Waals surface area (Å²) in [6.07, 6.45) is 3.14. The Labute approximate surface area is 55.8 Å². The van der Waals surface area contributed by atoms with Gasteiger partial charge in [-0.15, -0.1) is 0 Å². The Morgan fingerprint density at radius 3 is 2.56 bits per heavy atom. The molecule has 0 unspecified atom stereocenters. The van der Waals surface area contributed by atoms with Crippen LogP contribution in [0.25, 0.3) is 0 Å². The summed E-state index contributed by atoms with van der Waals surface area (Å²) in [5.41, 5.74) is 1.23. The van der Waals surface area contributed by atoms with Gasteiger partial charge in [-0.25, -0.2) is 0 Å². The van der Waals surface area contributed by atoms with Gasteiger partial charge in [0, 0.05) is 5.92 Å². The third-order valence-electron chi connectivity index (χ3n) is 2.06. The fourth-order valence-corrected chi connectivity index (χ4v) is 1.18. The highest BCUT2D eigenvalue weighted by Gasteiger charge is 2.28. The first-order chi connectivity index (χ1) is 4.24. The van der Waals surface area contributed by atoms with Gasteiger partial charge in [0.2, 0.25) is 0 Å². The van der Waals surface area contributed by atoms with E-state index in [0.29, 0.717) is 11.8 Å². The van der Waals surface area contributed by atoms with Gasteiger partial charge in [0.1, 0.15) is 6.29 Å². The van der Waals surface area contributed by atoms with Crippen molar-refractivity contribution in [1.82, 2.24) is 0 Å². The van der Waals surface area contributed by atoms with Crippen LogP contribution in [0, 0.1) is 11.8 Å². The van der Waals surface area contributed by atoms with Gasteiger partial charge in [-0.05, 0) is 25.7 Å². The van der Waals surface area contributed by atoms with E-state index in [9.17, 15) is 4.79 Å². The molecule has 9 heavy (non-hydrogen) atoms. The molecule has 0 amide bonds. The minimum absolute atomic E-state index is 0.340. The number of carbonyl (C=O) groups excluding carboxylic acids is 1. The van der Waals surface area contributed by atoms with Gasteiger partial charge < -0.3 is 4.79 Å². The number of hydrogen-bond donors (Lipinski definition) is 0. The van der Waals surface area contributed by atoms with Gasteiger partial charge in [0.25, 0.3) is 0 Å². The number of allylic oxidation sites excluding steroid dienone is 1. The molecule has 50 valence electrons. The second-order valence-corrected chi connectivity index (χ2v) is 2.91. The van der Waals surface area contributed by atoms with E-state index in [-0.39, 0.29) is 0 Å². The first-order valence-corrected chi connectivity index (χ1v) is 3.34. The van der Waals surface area contributed by atoms with E-state index in [4.69, 9.17) is 0 Å². The SMILES string of the molecule is C=C(C)C1CC(C=O)C1. The van der Waals surface area contributed by atoms with Gasteiger partial charge in [0.05, 0.1) is 0 Å². The highest BCUT2D eigenvalue weighted by molar-refractivity contribution is 5.55. The number of carbonyl (C=O) groups is 1. The molecule has 0 bridgehead atoms. The van der Waals surface area contributed by atoms with Crippen LogP contribution in [0.4, 0.5) is 0 Å². The molecule has 1 fully saturated rings. The Hall–Kier alpha value is -0.590. The normalized spacial score (nSPS) is 33.0. The third kappa shape index (κ3) is 1.21. The summed E-state index contributed by atoms with van der Waals surface area (Å²) in [6, 6.07) is 0. The molecule has 1 aliphatic carbocycles. The molecule has 0 N–H and O–H groups in total. The van der Waals surface area contributed by atoms with E-state index in [1.807, 2.05) is 6.92 Å². The smallest absolute Gasteiger partial charge is 0.123 e. The molecule has 0 atom stereocenters.